The van der Waals surface area contributed by atoms with Crippen molar-refractivity contribution in [1.82, 2.24) is 15.5 Å². The van der Waals surface area contributed by atoms with Crippen LogP contribution in [0.25, 0.3) is 0 Å². The number of carbonyl (C=O) groups is 1. The Bertz CT molecular complexity index is 889. The van der Waals surface area contributed by atoms with Crippen LogP contribution in [0.4, 0.5) is 9.18 Å². The number of hydrogen-bond acceptors (Lipinski definition) is 5. The number of piperidine rings is 1. The third kappa shape index (κ3) is 8.82. The van der Waals surface area contributed by atoms with Crippen molar-refractivity contribution in [2.24, 2.45) is 17.3 Å². The molecule has 1 aromatic carbocycles. The van der Waals surface area contributed by atoms with Gasteiger partial charge in [-0.15, -0.1) is 0 Å². The molecule has 3 unspecified atom stereocenters. The first kappa shape index (κ1) is 30.6. The lowest BCUT2D eigenvalue weighted by Crippen LogP contribution is -2.54. The summed E-state index contributed by atoms with van der Waals surface area (Å²) in [7, 11) is 3.56. The van der Waals surface area contributed by atoms with Gasteiger partial charge in [-0.25, -0.2) is 9.18 Å². The van der Waals surface area contributed by atoms with E-state index in [0.717, 1.165) is 44.9 Å². The highest BCUT2D eigenvalue weighted by molar-refractivity contribution is 5.74. The summed E-state index contributed by atoms with van der Waals surface area (Å²) in [5.41, 5.74) is -0.733. The van der Waals surface area contributed by atoms with E-state index in [1.165, 1.54) is 6.07 Å². The molecule has 1 aliphatic carbocycles. The fraction of sp³-hybridized carbons (Fsp3) is 0.767. The highest BCUT2D eigenvalue weighted by Crippen LogP contribution is 2.45. The number of hydrogen-bond donors (Lipinski definition) is 3. The molecule has 1 aromatic rings. The van der Waals surface area contributed by atoms with Crippen molar-refractivity contribution in [3.63, 3.8) is 0 Å². The molecule has 38 heavy (non-hydrogen) atoms. The number of ether oxygens (including phenoxy) is 2. The first-order valence-electron chi connectivity index (χ1n) is 14.4. The number of urea groups is 1. The van der Waals surface area contributed by atoms with Crippen LogP contribution in [0.5, 0.6) is 5.75 Å². The Labute approximate surface area is 228 Å². The Hall–Kier alpha value is -1.90. The second-order valence-corrected chi connectivity index (χ2v) is 12.5. The van der Waals surface area contributed by atoms with Crippen molar-refractivity contribution in [1.29, 1.82) is 0 Å². The average molecular weight is 536 g/mol. The monoisotopic (exact) mass is 535 g/mol. The zero-order valence-corrected chi connectivity index (χ0v) is 24.2. The Morgan fingerprint density at radius 2 is 2.00 bits per heavy atom. The minimum Gasteiger partial charge on any atom is -0.490 e. The molecular weight excluding hydrogens is 485 g/mol. The summed E-state index contributed by atoms with van der Waals surface area (Å²) in [6, 6.07) is 4.75. The molecule has 7 nitrogen and oxygen atoms in total. The van der Waals surface area contributed by atoms with E-state index in [9.17, 15) is 9.90 Å². The molecule has 1 saturated heterocycles. The molecule has 3 N–H and O–H groups in total. The summed E-state index contributed by atoms with van der Waals surface area (Å²) >= 11 is 0. The SMILES string of the molecule is CNCC(CC(C)(C)C)NC(=O)N1CCCC(C(O)(CCCCOC)c2cccc(F)c2OCC2CC2)C1. The largest absolute Gasteiger partial charge is 0.490 e. The summed E-state index contributed by atoms with van der Waals surface area (Å²) in [4.78, 5) is 15.2. The van der Waals surface area contributed by atoms with Crippen molar-refractivity contribution in [2.75, 3.05) is 47.0 Å². The van der Waals surface area contributed by atoms with Crippen LogP contribution in [0.1, 0.15) is 77.7 Å². The summed E-state index contributed by atoms with van der Waals surface area (Å²) in [5.74, 6) is -0.0554. The van der Waals surface area contributed by atoms with Gasteiger partial charge < -0.3 is 30.1 Å². The summed E-state index contributed by atoms with van der Waals surface area (Å²) in [5, 5.41) is 18.8. The highest BCUT2D eigenvalue weighted by Gasteiger charge is 2.44. The van der Waals surface area contributed by atoms with E-state index in [1.807, 2.05) is 11.9 Å². The maximum Gasteiger partial charge on any atom is 0.317 e. The number of halogens is 1. The third-order valence-corrected chi connectivity index (χ3v) is 7.77. The van der Waals surface area contributed by atoms with Gasteiger partial charge in [-0.2, -0.15) is 0 Å². The number of likely N-dealkylation sites (N-methyl/N-ethyl adjacent to an activating group) is 1. The van der Waals surface area contributed by atoms with Crippen molar-refractivity contribution in [2.45, 2.75) is 83.8 Å². The topological polar surface area (TPSA) is 83.1 Å². The van der Waals surface area contributed by atoms with E-state index >= 15 is 4.39 Å². The molecule has 8 heteroatoms. The van der Waals surface area contributed by atoms with Crippen LogP contribution in [0.3, 0.4) is 0 Å². The Morgan fingerprint density at radius 3 is 2.66 bits per heavy atom. The Balaban J connectivity index is 1.82. The molecule has 1 heterocycles. The number of aliphatic hydroxyl groups is 1. The molecule has 1 aliphatic heterocycles. The third-order valence-electron chi connectivity index (χ3n) is 7.77. The molecule has 2 amide bonds. The smallest absolute Gasteiger partial charge is 0.317 e. The average Bonchev–Trinajstić information content (AvgIpc) is 3.69. The molecule has 0 radical (unpaired) electrons. The Morgan fingerprint density at radius 1 is 1.24 bits per heavy atom. The Kier molecular flexibility index (Phi) is 11.2. The molecule has 0 spiro atoms. The standard InChI is InChI=1S/C30H50FN3O4/c1-29(2,3)18-24(19-32-4)33-28(35)34-16-9-10-23(20-34)30(36,15-6-7-17-37-5)25-11-8-12-26(31)27(25)38-21-22-13-14-22/h8,11-12,22-24,32,36H,6-7,9-10,13-21H2,1-5H3,(H,33,35). The molecule has 3 rings (SSSR count). The van der Waals surface area contributed by atoms with E-state index in [4.69, 9.17) is 9.47 Å². The number of rotatable bonds is 14. The van der Waals surface area contributed by atoms with Gasteiger partial charge in [-0.3, -0.25) is 0 Å². The second-order valence-electron chi connectivity index (χ2n) is 12.5. The minimum atomic E-state index is -1.32. The first-order valence-corrected chi connectivity index (χ1v) is 14.4. The van der Waals surface area contributed by atoms with Gasteiger partial charge in [-0.1, -0.05) is 32.9 Å². The van der Waals surface area contributed by atoms with E-state index < -0.39 is 11.4 Å². The zero-order chi connectivity index (χ0) is 27.8. The summed E-state index contributed by atoms with van der Waals surface area (Å²) in [6.07, 6.45) is 6.55. The van der Waals surface area contributed by atoms with Crippen molar-refractivity contribution in [3.05, 3.63) is 29.6 Å². The lowest BCUT2D eigenvalue weighted by molar-refractivity contribution is -0.0584. The molecule has 0 bridgehead atoms. The first-order chi connectivity index (χ1) is 18.1. The number of methoxy groups -OCH3 is 1. The molecule has 216 valence electrons. The van der Waals surface area contributed by atoms with E-state index in [0.29, 0.717) is 50.8 Å². The van der Waals surface area contributed by atoms with Crippen molar-refractivity contribution >= 4 is 6.03 Å². The quantitative estimate of drug-likeness (QED) is 0.290. The van der Waals surface area contributed by atoms with Crippen LogP contribution in [0.2, 0.25) is 0 Å². The van der Waals surface area contributed by atoms with E-state index in [2.05, 4.69) is 31.4 Å². The van der Waals surface area contributed by atoms with Gasteiger partial charge in [-0.05, 0) is 75.8 Å². The highest BCUT2D eigenvalue weighted by atomic mass is 19.1. The summed E-state index contributed by atoms with van der Waals surface area (Å²) in [6.45, 7) is 9.32. The molecule has 0 aromatic heterocycles. The molecular formula is C30H50FN3O4. The minimum absolute atomic E-state index is 0.00597. The number of para-hydroxylation sites is 1. The number of likely N-dealkylation sites (tertiary alicyclic amines) is 1. The predicted molar refractivity (Wildman–Crippen MR) is 149 cm³/mol. The second kappa shape index (κ2) is 13.9. The van der Waals surface area contributed by atoms with Crippen LogP contribution in [-0.2, 0) is 10.3 Å². The zero-order valence-electron chi connectivity index (χ0n) is 24.2. The van der Waals surface area contributed by atoms with Gasteiger partial charge in [0.05, 0.1) is 12.2 Å². The van der Waals surface area contributed by atoms with Crippen LogP contribution in [0, 0.1) is 23.1 Å². The maximum absolute atomic E-state index is 15.1. The fourth-order valence-corrected chi connectivity index (χ4v) is 5.66. The number of unbranched alkanes of at least 4 members (excludes halogenated alkanes) is 1. The van der Waals surface area contributed by atoms with Gasteiger partial charge in [0.15, 0.2) is 11.6 Å². The van der Waals surface area contributed by atoms with Crippen LogP contribution >= 0.6 is 0 Å². The van der Waals surface area contributed by atoms with Crippen molar-refractivity contribution < 1.29 is 23.8 Å². The number of carbonyl (C=O) groups excluding carboxylic acids is 1. The molecule has 3 atom stereocenters. The summed E-state index contributed by atoms with van der Waals surface area (Å²) < 4.78 is 26.3. The van der Waals surface area contributed by atoms with E-state index in [-0.39, 0.29) is 29.2 Å². The van der Waals surface area contributed by atoms with Crippen molar-refractivity contribution in [3.8, 4) is 5.75 Å². The number of benzene rings is 1. The van der Waals surface area contributed by atoms with Gasteiger partial charge >= 0.3 is 6.03 Å². The van der Waals surface area contributed by atoms with Crippen LogP contribution in [-0.4, -0.2) is 69.1 Å². The lowest BCUT2D eigenvalue weighted by atomic mass is 9.73. The van der Waals surface area contributed by atoms with Crippen LogP contribution < -0.4 is 15.4 Å². The van der Waals surface area contributed by atoms with Gasteiger partial charge in [0, 0.05) is 50.9 Å². The lowest BCUT2D eigenvalue weighted by Gasteiger charge is -2.43. The maximum atomic E-state index is 15.1. The fourth-order valence-electron chi connectivity index (χ4n) is 5.66. The van der Waals surface area contributed by atoms with Crippen LogP contribution in [0.15, 0.2) is 18.2 Å². The molecule has 1 saturated carbocycles. The molecule has 2 aliphatic rings. The van der Waals surface area contributed by atoms with Gasteiger partial charge in [0.2, 0.25) is 0 Å². The predicted octanol–water partition coefficient (Wildman–Crippen LogP) is 5.06. The number of nitrogens with zero attached hydrogens (tertiary/aromatic N) is 1. The normalized spacial score (nSPS) is 20.6. The number of nitrogens with one attached hydrogen (secondary N) is 2. The van der Waals surface area contributed by atoms with Gasteiger partial charge in [0.25, 0.3) is 0 Å². The van der Waals surface area contributed by atoms with Gasteiger partial charge in [0.1, 0.15) is 0 Å². The molecule has 2 fully saturated rings. The van der Waals surface area contributed by atoms with E-state index in [1.54, 1.807) is 19.2 Å². The number of amides is 2.